The number of anilines is 1. The van der Waals surface area contributed by atoms with Crippen molar-refractivity contribution >= 4 is 39.2 Å². The van der Waals surface area contributed by atoms with Gasteiger partial charge in [-0.05, 0) is 45.0 Å². The summed E-state index contributed by atoms with van der Waals surface area (Å²) in [6.45, 7) is 4.68. The molecule has 21 heavy (non-hydrogen) atoms. The van der Waals surface area contributed by atoms with Crippen LogP contribution in [0.5, 0.6) is 0 Å². The molecule has 0 heterocycles. The topological polar surface area (TPSA) is 75.3 Å². The predicted molar refractivity (Wildman–Crippen MR) is 85.3 cm³/mol. The standard InChI is InChI=1S/C15H19BrN2O3/c1-10(19)4-9-13(20)15(2,3)18-14(21)17-12-7-5-11(16)6-8-12/h5-8H,4,9H2,1-3H3,(H2,17,18,21). The minimum atomic E-state index is -1.02. The zero-order valence-corrected chi connectivity index (χ0v) is 13.9. The van der Waals surface area contributed by atoms with Gasteiger partial charge in [-0.25, -0.2) is 4.79 Å². The molecule has 0 aliphatic carbocycles. The fourth-order valence-corrected chi connectivity index (χ4v) is 1.92. The molecule has 0 radical (unpaired) electrons. The number of carbonyl (C=O) groups is 3. The van der Waals surface area contributed by atoms with Gasteiger partial charge in [-0.15, -0.1) is 0 Å². The number of ketones is 2. The van der Waals surface area contributed by atoms with Crippen molar-refractivity contribution in [3.63, 3.8) is 0 Å². The van der Waals surface area contributed by atoms with Gasteiger partial charge >= 0.3 is 6.03 Å². The number of halogens is 1. The first-order chi connectivity index (χ1) is 9.70. The highest BCUT2D eigenvalue weighted by molar-refractivity contribution is 9.10. The number of hydrogen-bond donors (Lipinski definition) is 2. The average molecular weight is 355 g/mol. The maximum atomic E-state index is 12.0. The second-order valence-electron chi connectivity index (χ2n) is 5.34. The monoisotopic (exact) mass is 354 g/mol. The van der Waals surface area contributed by atoms with Crippen molar-refractivity contribution in [3.05, 3.63) is 28.7 Å². The summed E-state index contributed by atoms with van der Waals surface area (Å²) in [5.74, 6) is -0.220. The van der Waals surface area contributed by atoms with Crippen LogP contribution in [-0.2, 0) is 9.59 Å². The van der Waals surface area contributed by atoms with Gasteiger partial charge in [-0.1, -0.05) is 15.9 Å². The minimum Gasteiger partial charge on any atom is -0.326 e. The van der Waals surface area contributed by atoms with Gasteiger partial charge in [0.25, 0.3) is 0 Å². The van der Waals surface area contributed by atoms with Gasteiger partial charge in [0, 0.05) is 23.0 Å². The number of urea groups is 1. The van der Waals surface area contributed by atoms with Crippen molar-refractivity contribution in [2.45, 2.75) is 39.2 Å². The lowest BCUT2D eigenvalue weighted by Crippen LogP contribution is -2.51. The Hall–Kier alpha value is -1.69. The highest BCUT2D eigenvalue weighted by Crippen LogP contribution is 2.15. The van der Waals surface area contributed by atoms with Crippen molar-refractivity contribution in [1.82, 2.24) is 5.32 Å². The molecular weight excluding hydrogens is 336 g/mol. The van der Waals surface area contributed by atoms with Crippen molar-refractivity contribution in [2.24, 2.45) is 0 Å². The quantitative estimate of drug-likeness (QED) is 0.822. The van der Waals surface area contributed by atoms with Crippen LogP contribution >= 0.6 is 15.9 Å². The van der Waals surface area contributed by atoms with Crippen LogP contribution in [0.1, 0.15) is 33.6 Å². The van der Waals surface area contributed by atoms with E-state index in [9.17, 15) is 14.4 Å². The van der Waals surface area contributed by atoms with Crippen LogP contribution in [0.2, 0.25) is 0 Å². The van der Waals surface area contributed by atoms with Crippen LogP contribution in [-0.4, -0.2) is 23.1 Å². The third-order valence-electron chi connectivity index (χ3n) is 2.93. The molecule has 0 fully saturated rings. The van der Waals surface area contributed by atoms with E-state index in [2.05, 4.69) is 26.6 Å². The van der Waals surface area contributed by atoms with E-state index in [1.54, 1.807) is 38.1 Å². The molecule has 0 bridgehead atoms. The van der Waals surface area contributed by atoms with Crippen LogP contribution in [0.4, 0.5) is 10.5 Å². The Kier molecular flexibility index (Phi) is 6.08. The zero-order valence-electron chi connectivity index (χ0n) is 12.3. The summed E-state index contributed by atoms with van der Waals surface area (Å²) in [5, 5.41) is 5.28. The molecule has 0 saturated carbocycles. The first-order valence-electron chi connectivity index (χ1n) is 6.58. The molecule has 2 N–H and O–H groups in total. The largest absolute Gasteiger partial charge is 0.326 e. The van der Waals surface area contributed by atoms with Gasteiger partial charge in [0.05, 0.1) is 5.54 Å². The van der Waals surface area contributed by atoms with Crippen LogP contribution < -0.4 is 10.6 Å². The molecule has 2 amide bonds. The Morgan fingerprint density at radius 1 is 1.10 bits per heavy atom. The number of rotatable bonds is 6. The Bertz CT molecular complexity index is 538. The zero-order chi connectivity index (χ0) is 16.0. The second-order valence-corrected chi connectivity index (χ2v) is 6.25. The molecule has 1 rings (SSSR count). The van der Waals surface area contributed by atoms with E-state index in [1.807, 2.05) is 0 Å². The molecule has 0 aliphatic heterocycles. The van der Waals surface area contributed by atoms with Crippen LogP contribution in [0.25, 0.3) is 0 Å². The van der Waals surface area contributed by atoms with Gasteiger partial charge in [0.15, 0.2) is 5.78 Å². The van der Waals surface area contributed by atoms with Crippen molar-refractivity contribution in [2.75, 3.05) is 5.32 Å². The number of hydrogen-bond acceptors (Lipinski definition) is 3. The van der Waals surface area contributed by atoms with E-state index < -0.39 is 11.6 Å². The summed E-state index contributed by atoms with van der Waals surface area (Å²) < 4.78 is 0.910. The van der Waals surface area contributed by atoms with Crippen molar-refractivity contribution in [3.8, 4) is 0 Å². The minimum absolute atomic E-state index is 0.0431. The first kappa shape index (κ1) is 17.4. The average Bonchev–Trinajstić information content (AvgIpc) is 2.37. The maximum Gasteiger partial charge on any atom is 0.320 e. The Balaban J connectivity index is 2.57. The molecule has 5 nitrogen and oxygen atoms in total. The van der Waals surface area contributed by atoms with Gasteiger partial charge in [0.1, 0.15) is 5.78 Å². The summed E-state index contributed by atoms with van der Waals surface area (Å²) in [6.07, 6.45) is 0.319. The summed E-state index contributed by atoms with van der Waals surface area (Å²) in [6, 6.07) is 6.64. The summed E-state index contributed by atoms with van der Waals surface area (Å²) >= 11 is 3.31. The molecule has 1 aromatic rings. The van der Waals surface area contributed by atoms with Gasteiger partial charge in [-0.3, -0.25) is 4.79 Å². The fraction of sp³-hybridized carbons (Fsp3) is 0.400. The van der Waals surface area contributed by atoms with Gasteiger partial charge in [-0.2, -0.15) is 0 Å². The molecule has 0 aromatic heterocycles. The fourth-order valence-electron chi connectivity index (χ4n) is 1.65. The Morgan fingerprint density at radius 2 is 1.67 bits per heavy atom. The number of Topliss-reactive ketones (excluding diaryl/α,β-unsaturated/α-hetero) is 2. The highest BCUT2D eigenvalue weighted by Gasteiger charge is 2.28. The molecule has 0 saturated heterocycles. The summed E-state index contributed by atoms with van der Waals surface area (Å²) in [5.41, 5.74) is -0.391. The number of nitrogens with one attached hydrogen (secondary N) is 2. The molecule has 114 valence electrons. The number of carbonyl (C=O) groups excluding carboxylic acids is 3. The van der Waals surface area contributed by atoms with Gasteiger partial charge < -0.3 is 15.4 Å². The molecule has 6 heteroatoms. The van der Waals surface area contributed by atoms with Crippen LogP contribution in [0, 0.1) is 0 Å². The molecule has 0 spiro atoms. The highest BCUT2D eigenvalue weighted by atomic mass is 79.9. The maximum absolute atomic E-state index is 12.0. The number of amides is 2. The summed E-state index contributed by atoms with van der Waals surface area (Å²) in [4.78, 5) is 34.8. The van der Waals surface area contributed by atoms with E-state index in [1.165, 1.54) is 6.92 Å². The smallest absolute Gasteiger partial charge is 0.320 e. The second kappa shape index (κ2) is 7.36. The predicted octanol–water partition coefficient (Wildman–Crippen LogP) is 3.29. The molecule has 0 unspecified atom stereocenters. The normalized spacial score (nSPS) is 10.9. The molecule has 1 aromatic carbocycles. The van der Waals surface area contributed by atoms with Crippen LogP contribution in [0.3, 0.4) is 0 Å². The van der Waals surface area contributed by atoms with E-state index >= 15 is 0 Å². The molecule has 0 aliphatic rings. The third kappa shape index (κ3) is 6.08. The SMILES string of the molecule is CC(=O)CCC(=O)C(C)(C)NC(=O)Nc1ccc(Br)cc1. The van der Waals surface area contributed by atoms with E-state index in [-0.39, 0.29) is 24.4 Å². The van der Waals surface area contributed by atoms with Crippen LogP contribution in [0.15, 0.2) is 28.7 Å². The van der Waals surface area contributed by atoms with E-state index in [0.717, 1.165) is 4.47 Å². The Morgan fingerprint density at radius 3 is 2.19 bits per heavy atom. The number of benzene rings is 1. The van der Waals surface area contributed by atoms with Crippen molar-refractivity contribution < 1.29 is 14.4 Å². The van der Waals surface area contributed by atoms with Crippen molar-refractivity contribution in [1.29, 1.82) is 0 Å². The molecule has 0 atom stereocenters. The molecular formula is C15H19BrN2O3. The van der Waals surface area contributed by atoms with E-state index in [4.69, 9.17) is 0 Å². The lowest BCUT2D eigenvalue weighted by atomic mass is 9.95. The lowest BCUT2D eigenvalue weighted by Gasteiger charge is -2.24. The summed E-state index contributed by atoms with van der Waals surface area (Å²) in [7, 11) is 0. The lowest BCUT2D eigenvalue weighted by molar-refractivity contribution is -0.126. The third-order valence-corrected chi connectivity index (χ3v) is 3.46. The Labute approximate surface area is 132 Å². The first-order valence-corrected chi connectivity index (χ1v) is 7.37. The van der Waals surface area contributed by atoms with Gasteiger partial charge in [0.2, 0.25) is 0 Å². The van der Waals surface area contributed by atoms with E-state index in [0.29, 0.717) is 5.69 Å².